The lowest BCUT2D eigenvalue weighted by atomic mass is 10.3. The van der Waals surface area contributed by atoms with E-state index in [9.17, 15) is 18.0 Å². The van der Waals surface area contributed by atoms with E-state index in [1.165, 1.54) is 51.6 Å². The van der Waals surface area contributed by atoms with E-state index in [1.54, 1.807) is 6.92 Å². The first-order chi connectivity index (χ1) is 16.2. The lowest BCUT2D eigenvalue weighted by Gasteiger charge is -2.21. The van der Waals surface area contributed by atoms with Crippen LogP contribution in [0.25, 0.3) is 0 Å². The third kappa shape index (κ3) is 4.88. The highest BCUT2D eigenvalue weighted by Gasteiger charge is 2.39. The molecular formula is C19H21N7O7S. The number of hydrogen-bond acceptors (Lipinski definition) is 11. The monoisotopic (exact) mass is 491 g/mol. The first kappa shape index (κ1) is 24.4. The van der Waals surface area contributed by atoms with Crippen molar-refractivity contribution in [3.8, 4) is 11.8 Å². The van der Waals surface area contributed by atoms with E-state index in [2.05, 4.69) is 30.5 Å². The Hall–Kier alpha value is -4.27. The summed E-state index contributed by atoms with van der Waals surface area (Å²) in [6.07, 6.45) is 1.29. The SMILES string of the molecule is CCOC(=O)c1c(S(=O)(=O)N(C(=O)Nc2nc(OC)cc(OC)n2)c2ccccn2)n[nH]c1C. The second kappa shape index (κ2) is 10.1. The van der Waals surface area contributed by atoms with Gasteiger partial charge in [0.05, 0.1) is 26.9 Å². The summed E-state index contributed by atoms with van der Waals surface area (Å²) in [5, 5.41) is 7.75. The Bertz CT molecular complexity index is 1270. The van der Waals surface area contributed by atoms with Crippen LogP contribution in [0, 0.1) is 6.92 Å². The number of hydrogen-bond donors (Lipinski definition) is 2. The maximum Gasteiger partial charge on any atom is 0.344 e. The summed E-state index contributed by atoms with van der Waals surface area (Å²) in [6, 6.07) is 4.45. The highest BCUT2D eigenvalue weighted by molar-refractivity contribution is 7.93. The van der Waals surface area contributed by atoms with Gasteiger partial charge in [-0.2, -0.15) is 27.8 Å². The molecule has 0 bridgehead atoms. The topological polar surface area (TPSA) is 179 Å². The van der Waals surface area contributed by atoms with E-state index in [1.807, 2.05) is 0 Å². The summed E-state index contributed by atoms with van der Waals surface area (Å²) in [6.45, 7) is 3.01. The van der Waals surface area contributed by atoms with Crippen molar-refractivity contribution >= 4 is 33.8 Å². The van der Waals surface area contributed by atoms with Gasteiger partial charge in [-0.05, 0) is 26.0 Å². The summed E-state index contributed by atoms with van der Waals surface area (Å²) in [7, 11) is -2.10. The van der Waals surface area contributed by atoms with Gasteiger partial charge in [-0.1, -0.05) is 6.07 Å². The zero-order chi connectivity index (χ0) is 24.9. The van der Waals surface area contributed by atoms with Gasteiger partial charge in [0.1, 0.15) is 5.56 Å². The number of aromatic amines is 1. The Morgan fingerprint density at radius 2 is 1.82 bits per heavy atom. The fourth-order valence-corrected chi connectivity index (χ4v) is 4.20. The molecule has 0 saturated heterocycles. The van der Waals surface area contributed by atoms with Gasteiger partial charge in [0, 0.05) is 11.9 Å². The number of ether oxygens (including phenoxy) is 3. The number of aromatic nitrogens is 5. The highest BCUT2D eigenvalue weighted by atomic mass is 32.2. The van der Waals surface area contributed by atoms with Gasteiger partial charge in [0.15, 0.2) is 5.82 Å². The number of anilines is 2. The quantitative estimate of drug-likeness (QED) is 0.436. The highest BCUT2D eigenvalue weighted by Crippen LogP contribution is 2.26. The second-order valence-corrected chi connectivity index (χ2v) is 8.12. The van der Waals surface area contributed by atoms with Crippen molar-refractivity contribution in [1.29, 1.82) is 0 Å². The van der Waals surface area contributed by atoms with Gasteiger partial charge in [0.2, 0.25) is 22.7 Å². The average molecular weight is 491 g/mol. The van der Waals surface area contributed by atoms with Crippen molar-refractivity contribution in [2.24, 2.45) is 0 Å². The van der Waals surface area contributed by atoms with Crippen molar-refractivity contribution in [3.05, 3.63) is 41.7 Å². The lowest BCUT2D eigenvalue weighted by Crippen LogP contribution is -2.41. The number of aryl methyl sites for hydroxylation is 1. The standard InChI is InChI=1S/C19H21N7O7S/c1-5-33-17(27)15-11(2)24-25-16(15)34(29,30)26(12-8-6-7-9-20-12)19(28)23-18-21-13(31-3)10-14(22-18)32-4/h6-10H,5H2,1-4H3,(H,24,25)(H,21,22,23,28). The molecule has 0 aliphatic carbocycles. The van der Waals surface area contributed by atoms with Crippen LogP contribution in [0.5, 0.6) is 11.8 Å². The van der Waals surface area contributed by atoms with Crippen LogP contribution in [0.2, 0.25) is 0 Å². The largest absolute Gasteiger partial charge is 0.481 e. The summed E-state index contributed by atoms with van der Waals surface area (Å²) >= 11 is 0. The van der Waals surface area contributed by atoms with Gasteiger partial charge in [-0.15, -0.1) is 0 Å². The van der Waals surface area contributed by atoms with E-state index < -0.39 is 27.0 Å². The lowest BCUT2D eigenvalue weighted by molar-refractivity contribution is 0.0521. The Balaban J connectivity index is 2.10. The molecule has 0 aliphatic rings. The van der Waals surface area contributed by atoms with E-state index in [0.717, 1.165) is 0 Å². The smallest absolute Gasteiger partial charge is 0.344 e. The number of esters is 1. The number of nitrogens with zero attached hydrogens (tertiary/aromatic N) is 5. The molecule has 14 nitrogen and oxygen atoms in total. The summed E-state index contributed by atoms with van der Waals surface area (Å²) in [4.78, 5) is 37.5. The minimum atomic E-state index is -4.78. The van der Waals surface area contributed by atoms with Gasteiger partial charge < -0.3 is 14.2 Å². The maximum absolute atomic E-state index is 13.6. The summed E-state index contributed by atoms with van der Waals surface area (Å²) in [5.41, 5.74) is -0.200. The molecule has 0 radical (unpaired) electrons. The molecule has 3 aromatic rings. The van der Waals surface area contributed by atoms with Gasteiger partial charge in [0.25, 0.3) is 10.0 Å². The number of carbonyl (C=O) groups excluding carboxylic acids is 2. The van der Waals surface area contributed by atoms with E-state index in [4.69, 9.17) is 14.2 Å². The molecule has 0 unspecified atom stereocenters. The van der Waals surface area contributed by atoms with Gasteiger partial charge >= 0.3 is 12.0 Å². The van der Waals surface area contributed by atoms with Crippen LogP contribution in [-0.2, 0) is 14.8 Å². The third-order valence-corrected chi connectivity index (χ3v) is 5.85. The third-order valence-electron chi connectivity index (χ3n) is 4.24. The molecule has 2 amide bonds. The molecule has 0 spiro atoms. The van der Waals surface area contributed by atoms with Gasteiger partial charge in [-0.3, -0.25) is 10.4 Å². The fourth-order valence-electron chi connectivity index (χ4n) is 2.75. The molecule has 3 aromatic heterocycles. The van der Waals surface area contributed by atoms with Crippen LogP contribution < -0.4 is 19.1 Å². The van der Waals surface area contributed by atoms with Crippen molar-refractivity contribution in [2.45, 2.75) is 18.9 Å². The molecule has 0 aromatic carbocycles. The number of H-pyrrole nitrogens is 1. The van der Waals surface area contributed by atoms with Crippen LogP contribution in [0.1, 0.15) is 23.0 Å². The van der Waals surface area contributed by atoms with Crippen molar-refractivity contribution in [1.82, 2.24) is 25.1 Å². The molecule has 15 heteroatoms. The minimum absolute atomic E-state index is 0.00238. The Labute approximate surface area is 194 Å². The van der Waals surface area contributed by atoms with Gasteiger partial charge in [-0.25, -0.2) is 14.6 Å². The minimum Gasteiger partial charge on any atom is -0.481 e. The number of carbonyl (C=O) groups is 2. The molecule has 2 N–H and O–H groups in total. The molecule has 0 fully saturated rings. The van der Waals surface area contributed by atoms with Crippen molar-refractivity contribution < 1.29 is 32.2 Å². The van der Waals surface area contributed by atoms with Crippen molar-refractivity contribution in [2.75, 3.05) is 30.4 Å². The molecule has 0 atom stereocenters. The van der Waals surface area contributed by atoms with Crippen molar-refractivity contribution in [3.63, 3.8) is 0 Å². The molecule has 3 rings (SSSR count). The maximum atomic E-state index is 13.6. The molecule has 0 aliphatic heterocycles. The molecular weight excluding hydrogens is 470 g/mol. The van der Waals surface area contributed by atoms with E-state index >= 15 is 0 Å². The Morgan fingerprint density at radius 1 is 1.15 bits per heavy atom. The number of methoxy groups -OCH3 is 2. The molecule has 34 heavy (non-hydrogen) atoms. The van der Waals surface area contributed by atoms with E-state index in [-0.39, 0.29) is 41.4 Å². The first-order valence-electron chi connectivity index (χ1n) is 9.69. The van der Waals surface area contributed by atoms with Crippen LogP contribution in [0.15, 0.2) is 35.5 Å². The summed E-state index contributed by atoms with van der Waals surface area (Å²) < 4.78 is 42.6. The number of urea groups is 1. The number of sulfonamides is 1. The number of nitrogens with one attached hydrogen (secondary N) is 2. The molecule has 180 valence electrons. The molecule has 3 heterocycles. The number of pyridine rings is 1. The normalized spacial score (nSPS) is 10.9. The van der Waals surface area contributed by atoms with E-state index in [0.29, 0.717) is 4.31 Å². The zero-order valence-corrected chi connectivity index (χ0v) is 19.4. The van der Waals surface area contributed by atoms with Crippen LogP contribution in [0.3, 0.4) is 0 Å². The van der Waals surface area contributed by atoms with Crippen LogP contribution in [-0.4, -0.2) is 66.4 Å². The second-order valence-electron chi connectivity index (χ2n) is 6.41. The number of amides is 2. The van der Waals surface area contributed by atoms with Crippen LogP contribution >= 0.6 is 0 Å². The summed E-state index contributed by atoms with van der Waals surface area (Å²) in [5.74, 6) is -1.38. The van der Waals surface area contributed by atoms with Crippen LogP contribution in [0.4, 0.5) is 16.6 Å². The first-order valence-corrected chi connectivity index (χ1v) is 11.1. The Kier molecular flexibility index (Phi) is 7.25. The zero-order valence-electron chi connectivity index (χ0n) is 18.6. The molecule has 0 saturated carbocycles. The predicted molar refractivity (Wildman–Crippen MR) is 117 cm³/mol. The number of rotatable bonds is 8. The fraction of sp³-hybridized carbons (Fsp3) is 0.263. The average Bonchev–Trinajstić information content (AvgIpc) is 3.22. The predicted octanol–water partition coefficient (Wildman–Crippen LogP) is 1.52. The Morgan fingerprint density at radius 3 is 2.38 bits per heavy atom.